The van der Waals surface area contributed by atoms with E-state index < -0.39 is 5.60 Å². The summed E-state index contributed by atoms with van der Waals surface area (Å²) in [5.41, 5.74) is -0.566. The van der Waals surface area contributed by atoms with Crippen molar-refractivity contribution in [2.75, 3.05) is 13.7 Å². The molecule has 7 heteroatoms. The van der Waals surface area contributed by atoms with Crippen molar-refractivity contribution in [1.82, 2.24) is 9.55 Å². The summed E-state index contributed by atoms with van der Waals surface area (Å²) in [6, 6.07) is 19.4. The molecule has 0 fully saturated rings. The number of aliphatic hydroxyl groups is 1. The van der Waals surface area contributed by atoms with Crippen molar-refractivity contribution in [1.29, 1.82) is 0 Å². The fourth-order valence-electron chi connectivity index (χ4n) is 3.19. The Morgan fingerprint density at radius 2 is 1.81 bits per heavy atom. The van der Waals surface area contributed by atoms with Gasteiger partial charge in [-0.3, -0.25) is 9.36 Å². The van der Waals surface area contributed by atoms with Gasteiger partial charge in [-0.2, -0.15) is 0 Å². The molecule has 0 aliphatic rings. The van der Waals surface area contributed by atoms with Crippen molar-refractivity contribution in [3.63, 3.8) is 0 Å². The Labute approximate surface area is 190 Å². The van der Waals surface area contributed by atoms with Gasteiger partial charge in [0.2, 0.25) is 0 Å². The highest BCUT2D eigenvalue weighted by Gasteiger charge is 2.16. The summed E-state index contributed by atoms with van der Waals surface area (Å²) in [4.78, 5) is 18.4. The van der Waals surface area contributed by atoms with Gasteiger partial charge in [-0.15, -0.1) is 0 Å². The first-order valence-electron chi connectivity index (χ1n) is 10.1. The van der Waals surface area contributed by atoms with Gasteiger partial charge in [-0.05, 0) is 48.9 Å². The summed E-state index contributed by atoms with van der Waals surface area (Å²) in [5, 5.41) is 12.5. The smallest absolute Gasteiger partial charge is 0.287 e. The Morgan fingerprint density at radius 1 is 1.03 bits per heavy atom. The zero-order valence-electron chi connectivity index (χ0n) is 18.1. The van der Waals surface area contributed by atoms with Crippen LogP contribution < -0.4 is 15.0 Å². The molecular formula is C25H24N2O4S. The average Bonchev–Trinajstić information content (AvgIpc) is 2.78. The van der Waals surface area contributed by atoms with Gasteiger partial charge in [0, 0.05) is 23.4 Å². The number of ether oxygens (including phenoxy) is 2. The summed E-state index contributed by atoms with van der Waals surface area (Å²) < 4.78 is 12.6. The van der Waals surface area contributed by atoms with E-state index in [-0.39, 0.29) is 12.2 Å². The summed E-state index contributed by atoms with van der Waals surface area (Å²) in [7, 11) is 1.53. The molecule has 1 heterocycles. The molecule has 4 rings (SSSR count). The van der Waals surface area contributed by atoms with Gasteiger partial charge in [0.25, 0.3) is 5.56 Å². The molecule has 0 unspecified atom stereocenters. The predicted molar refractivity (Wildman–Crippen MR) is 126 cm³/mol. The number of benzene rings is 3. The van der Waals surface area contributed by atoms with Crippen molar-refractivity contribution in [3.8, 4) is 17.2 Å². The van der Waals surface area contributed by atoms with E-state index in [2.05, 4.69) is 17.1 Å². The van der Waals surface area contributed by atoms with Gasteiger partial charge in [0.15, 0.2) is 16.5 Å². The van der Waals surface area contributed by atoms with Crippen LogP contribution in [0.15, 0.2) is 87.8 Å². The van der Waals surface area contributed by atoms with Crippen molar-refractivity contribution < 1.29 is 14.6 Å². The maximum absolute atomic E-state index is 13.2. The highest BCUT2D eigenvalue weighted by Crippen LogP contribution is 2.31. The summed E-state index contributed by atoms with van der Waals surface area (Å²) >= 11 is 1.33. The molecule has 0 atom stereocenters. The fourth-order valence-corrected chi connectivity index (χ4v) is 4.03. The molecule has 0 saturated carbocycles. The van der Waals surface area contributed by atoms with E-state index in [1.54, 1.807) is 44.4 Å². The van der Waals surface area contributed by atoms with Crippen LogP contribution in [0, 0.1) is 0 Å². The van der Waals surface area contributed by atoms with Gasteiger partial charge in [-0.1, -0.05) is 42.1 Å². The summed E-state index contributed by atoms with van der Waals surface area (Å²) in [5.74, 6) is 0.963. The molecule has 6 nitrogen and oxygen atoms in total. The number of hydrogen-bond donors (Lipinski definition) is 1. The van der Waals surface area contributed by atoms with Crippen LogP contribution in [0.3, 0.4) is 0 Å². The molecule has 0 spiro atoms. The summed E-state index contributed by atoms with van der Waals surface area (Å²) in [6.45, 7) is 3.45. The van der Waals surface area contributed by atoms with Crippen molar-refractivity contribution in [2.45, 2.75) is 29.4 Å². The third kappa shape index (κ3) is 4.95. The third-order valence-electron chi connectivity index (χ3n) is 4.75. The topological polar surface area (TPSA) is 73.6 Å². The molecule has 4 aromatic rings. The Morgan fingerprint density at radius 3 is 2.56 bits per heavy atom. The lowest BCUT2D eigenvalue weighted by atomic mass is 10.1. The first-order chi connectivity index (χ1) is 15.3. The summed E-state index contributed by atoms with van der Waals surface area (Å²) in [6.07, 6.45) is 3.23. The third-order valence-corrected chi connectivity index (χ3v) is 5.71. The van der Waals surface area contributed by atoms with E-state index in [0.29, 0.717) is 22.2 Å². The Balaban J connectivity index is 1.63. The minimum atomic E-state index is -0.972. The SMILES string of the molecule is COc1cc(-n2ccnc(Sc3ccc4ccccc4c3)c2=O)ccc1OCC(C)(C)O. The molecular weight excluding hydrogens is 424 g/mol. The molecule has 0 aliphatic heterocycles. The van der Waals surface area contributed by atoms with Crippen LogP contribution in [0.25, 0.3) is 16.5 Å². The quantitative estimate of drug-likeness (QED) is 0.442. The zero-order chi connectivity index (χ0) is 22.7. The van der Waals surface area contributed by atoms with Gasteiger partial charge in [-0.25, -0.2) is 4.98 Å². The first kappa shape index (κ1) is 21.9. The molecule has 1 aromatic heterocycles. The number of fused-ring (bicyclic) bond motifs is 1. The molecule has 0 radical (unpaired) electrons. The normalized spacial score (nSPS) is 11.5. The van der Waals surface area contributed by atoms with E-state index in [0.717, 1.165) is 15.7 Å². The first-order valence-corrected chi connectivity index (χ1v) is 10.9. The molecule has 0 aliphatic carbocycles. The second-order valence-electron chi connectivity index (χ2n) is 7.95. The monoisotopic (exact) mass is 448 g/mol. The molecule has 164 valence electrons. The van der Waals surface area contributed by atoms with Gasteiger partial charge in [0.1, 0.15) is 6.61 Å². The fraction of sp³-hybridized carbons (Fsp3) is 0.200. The number of hydrogen-bond acceptors (Lipinski definition) is 6. The molecule has 0 saturated heterocycles. The predicted octanol–water partition coefficient (Wildman–Crippen LogP) is 4.70. The van der Waals surface area contributed by atoms with Crippen LogP contribution in [0.2, 0.25) is 0 Å². The van der Waals surface area contributed by atoms with Crippen LogP contribution in [0.1, 0.15) is 13.8 Å². The van der Waals surface area contributed by atoms with Crippen LogP contribution >= 0.6 is 11.8 Å². The standard InChI is InChI=1S/C25H24N2O4S/c1-25(2,29)16-31-21-11-9-19(15-22(21)30-3)27-13-12-26-23(24(27)28)32-20-10-8-17-6-4-5-7-18(17)14-20/h4-15,29H,16H2,1-3H3. The van der Waals surface area contributed by atoms with E-state index in [4.69, 9.17) is 9.47 Å². The second-order valence-corrected chi connectivity index (χ2v) is 9.02. The van der Waals surface area contributed by atoms with Gasteiger partial charge < -0.3 is 14.6 Å². The highest BCUT2D eigenvalue weighted by atomic mass is 32.2. The highest BCUT2D eigenvalue weighted by molar-refractivity contribution is 7.99. The Hall–Kier alpha value is -3.29. The average molecular weight is 449 g/mol. The van der Waals surface area contributed by atoms with E-state index in [1.165, 1.54) is 23.4 Å². The minimum Gasteiger partial charge on any atom is -0.493 e. The second kappa shape index (κ2) is 9.06. The number of nitrogens with zero attached hydrogens (tertiary/aromatic N) is 2. The Bertz CT molecular complexity index is 1310. The van der Waals surface area contributed by atoms with Crippen LogP contribution in [-0.2, 0) is 0 Å². The number of methoxy groups -OCH3 is 1. The zero-order valence-corrected chi connectivity index (χ0v) is 18.9. The van der Waals surface area contributed by atoms with Gasteiger partial charge >= 0.3 is 0 Å². The van der Waals surface area contributed by atoms with E-state index in [9.17, 15) is 9.90 Å². The van der Waals surface area contributed by atoms with Crippen molar-refractivity contribution in [2.24, 2.45) is 0 Å². The van der Waals surface area contributed by atoms with E-state index >= 15 is 0 Å². The molecule has 3 aromatic carbocycles. The lowest BCUT2D eigenvalue weighted by Crippen LogP contribution is -2.28. The van der Waals surface area contributed by atoms with Crippen molar-refractivity contribution >= 4 is 22.5 Å². The van der Waals surface area contributed by atoms with Crippen molar-refractivity contribution in [3.05, 3.63) is 83.4 Å². The van der Waals surface area contributed by atoms with Gasteiger partial charge in [0.05, 0.1) is 18.4 Å². The number of aromatic nitrogens is 2. The lowest BCUT2D eigenvalue weighted by molar-refractivity contribution is 0.0276. The molecule has 32 heavy (non-hydrogen) atoms. The molecule has 0 bridgehead atoms. The molecule has 1 N–H and O–H groups in total. The molecule has 0 amide bonds. The minimum absolute atomic E-state index is 0.116. The lowest BCUT2D eigenvalue weighted by Gasteiger charge is -2.19. The number of rotatable bonds is 7. The van der Waals surface area contributed by atoms with Crippen LogP contribution in [0.5, 0.6) is 11.5 Å². The van der Waals surface area contributed by atoms with Crippen LogP contribution in [0.4, 0.5) is 0 Å². The largest absolute Gasteiger partial charge is 0.493 e. The maximum Gasteiger partial charge on any atom is 0.287 e. The maximum atomic E-state index is 13.2. The Kier molecular flexibility index (Phi) is 6.21. The van der Waals surface area contributed by atoms with E-state index in [1.807, 2.05) is 30.3 Å². The van der Waals surface area contributed by atoms with Crippen LogP contribution in [-0.4, -0.2) is 34.0 Å².